The van der Waals surface area contributed by atoms with Crippen LogP contribution in [-0.2, 0) is 0 Å². The predicted molar refractivity (Wildman–Crippen MR) is 42.6 cm³/mol. The van der Waals surface area contributed by atoms with Crippen LogP contribution in [0.5, 0.6) is 0 Å². The van der Waals surface area contributed by atoms with Crippen LogP contribution in [0.15, 0.2) is 24.3 Å². The summed E-state index contributed by atoms with van der Waals surface area (Å²) in [6.07, 6.45) is 12.4. The summed E-state index contributed by atoms with van der Waals surface area (Å²) in [5.41, 5.74) is 0. The van der Waals surface area contributed by atoms with E-state index in [1.807, 2.05) is 0 Å². The summed E-state index contributed by atoms with van der Waals surface area (Å²) in [4.78, 5) is 2.47. The van der Waals surface area contributed by atoms with Crippen molar-refractivity contribution in [3.8, 4) is 0 Å². The molecular formula is C9H12LiN. The zero-order valence-corrected chi connectivity index (χ0v) is 7.03. The van der Waals surface area contributed by atoms with Crippen molar-refractivity contribution in [3.05, 3.63) is 30.7 Å². The van der Waals surface area contributed by atoms with Gasteiger partial charge in [-0.1, -0.05) is 18.2 Å². The molecule has 54 valence electrons. The summed E-state index contributed by atoms with van der Waals surface area (Å²) >= 11 is 0. The molecule has 1 heterocycles. The molecule has 0 saturated carbocycles. The third-order valence-electron chi connectivity index (χ3n) is 2.13. The van der Waals surface area contributed by atoms with Crippen LogP contribution in [0, 0.1) is 6.42 Å². The fourth-order valence-electron chi connectivity index (χ4n) is 1.38. The molecule has 0 aromatic carbocycles. The molecule has 1 aliphatic heterocycles. The van der Waals surface area contributed by atoms with Crippen molar-refractivity contribution in [3.63, 3.8) is 0 Å². The molecule has 0 bridgehead atoms. The van der Waals surface area contributed by atoms with Gasteiger partial charge >= 0.3 is 18.9 Å². The Bertz CT molecular complexity index is 174. The average molecular weight is 141 g/mol. The second-order valence-corrected chi connectivity index (χ2v) is 2.82. The molecule has 1 atom stereocenters. The van der Waals surface area contributed by atoms with Gasteiger partial charge in [-0.15, -0.1) is 0 Å². The summed E-state index contributed by atoms with van der Waals surface area (Å²) in [5.74, 6) is 0. The standard InChI is InChI=1S/C9H12N.Li/c1-2-7-10(8-3-1)9-5-4-6-9;/h1-2,4-6,9H,3,7-8H2;/q-1;+1. The molecule has 0 amide bonds. The SMILES string of the molecule is C1=CC(N2CC=CCC2)[CH-]1.[Li+]. The molecule has 1 aliphatic carbocycles. The molecule has 0 N–H and O–H groups in total. The molecule has 1 unspecified atom stereocenters. The van der Waals surface area contributed by atoms with Crippen LogP contribution in [0.1, 0.15) is 6.42 Å². The number of nitrogens with zero attached hydrogens (tertiary/aromatic N) is 1. The fraction of sp³-hybridized carbons (Fsp3) is 0.444. The first-order chi connectivity index (χ1) is 4.97. The Kier molecular flexibility index (Phi) is 3.32. The quantitative estimate of drug-likeness (QED) is 0.241. The van der Waals surface area contributed by atoms with E-state index in [2.05, 4.69) is 35.6 Å². The molecular weight excluding hydrogens is 129 g/mol. The Hall–Kier alpha value is -0.0926. The van der Waals surface area contributed by atoms with Crippen LogP contribution in [0.2, 0.25) is 0 Å². The number of hydrogen-bond donors (Lipinski definition) is 0. The maximum atomic E-state index is 2.47. The second kappa shape index (κ2) is 4.06. The van der Waals surface area contributed by atoms with E-state index in [1.165, 1.54) is 13.0 Å². The van der Waals surface area contributed by atoms with E-state index >= 15 is 0 Å². The van der Waals surface area contributed by atoms with Crippen LogP contribution in [0.25, 0.3) is 0 Å². The average Bonchev–Trinajstić information content (AvgIpc) is 1.86. The summed E-state index contributed by atoms with van der Waals surface area (Å²) in [6.45, 7) is 2.35. The Morgan fingerprint density at radius 2 is 2.18 bits per heavy atom. The van der Waals surface area contributed by atoms with Gasteiger partial charge in [-0.05, 0) is 13.0 Å². The molecule has 2 heteroatoms. The topological polar surface area (TPSA) is 3.24 Å². The smallest absolute Gasteiger partial charge is 0.322 e. The zero-order valence-electron chi connectivity index (χ0n) is 7.03. The fourth-order valence-corrected chi connectivity index (χ4v) is 1.38. The Morgan fingerprint density at radius 3 is 2.64 bits per heavy atom. The van der Waals surface area contributed by atoms with Gasteiger partial charge in [0, 0.05) is 6.54 Å². The van der Waals surface area contributed by atoms with Gasteiger partial charge < -0.3 is 4.90 Å². The monoisotopic (exact) mass is 141 g/mol. The third-order valence-corrected chi connectivity index (χ3v) is 2.13. The van der Waals surface area contributed by atoms with Crippen molar-refractivity contribution in [2.24, 2.45) is 0 Å². The molecule has 0 aromatic heterocycles. The van der Waals surface area contributed by atoms with Crippen molar-refractivity contribution < 1.29 is 18.9 Å². The Balaban J connectivity index is 0.000000605. The van der Waals surface area contributed by atoms with Crippen LogP contribution < -0.4 is 18.9 Å². The van der Waals surface area contributed by atoms with E-state index in [1.54, 1.807) is 0 Å². The van der Waals surface area contributed by atoms with E-state index in [9.17, 15) is 0 Å². The molecule has 2 aliphatic rings. The van der Waals surface area contributed by atoms with Crippen molar-refractivity contribution >= 4 is 0 Å². The van der Waals surface area contributed by atoms with Crippen LogP contribution >= 0.6 is 0 Å². The molecule has 1 nitrogen and oxygen atoms in total. The zero-order chi connectivity index (χ0) is 6.81. The molecule has 0 saturated heterocycles. The van der Waals surface area contributed by atoms with Gasteiger partial charge in [-0.25, -0.2) is 18.6 Å². The summed E-state index contributed by atoms with van der Waals surface area (Å²) in [5, 5.41) is 0. The maximum absolute atomic E-state index is 2.47. The molecule has 0 spiro atoms. The van der Waals surface area contributed by atoms with Gasteiger partial charge in [0.15, 0.2) is 0 Å². The molecule has 2 rings (SSSR count). The number of hydrogen-bond acceptors (Lipinski definition) is 1. The first-order valence-corrected chi connectivity index (χ1v) is 3.87. The number of rotatable bonds is 1. The van der Waals surface area contributed by atoms with Gasteiger partial charge in [0.05, 0.1) is 0 Å². The summed E-state index contributed by atoms with van der Waals surface area (Å²) in [6, 6.07) is 0.643. The van der Waals surface area contributed by atoms with E-state index < -0.39 is 0 Å². The van der Waals surface area contributed by atoms with E-state index in [0.717, 1.165) is 6.54 Å². The van der Waals surface area contributed by atoms with Gasteiger partial charge in [-0.3, -0.25) is 0 Å². The van der Waals surface area contributed by atoms with E-state index in [0.29, 0.717) is 6.04 Å². The van der Waals surface area contributed by atoms with Crippen LogP contribution in [0.4, 0.5) is 0 Å². The van der Waals surface area contributed by atoms with Gasteiger partial charge in [0.25, 0.3) is 0 Å². The van der Waals surface area contributed by atoms with E-state index in [-0.39, 0.29) is 18.9 Å². The summed E-state index contributed by atoms with van der Waals surface area (Å²) in [7, 11) is 0. The summed E-state index contributed by atoms with van der Waals surface area (Å²) < 4.78 is 0. The van der Waals surface area contributed by atoms with Crippen LogP contribution in [0.3, 0.4) is 0 Å². The Labute approximate surface area is 80.3 Å². The largest absolute Gasteiger partial charge is 1.00 e. The third kappa shape index (κ3) is 1.93. The van der Waals surface area contributed by atoms with Gasteiger partial charge in [-0.2, -0.15) is 0 Å². The molecule has 0 radical (unpaired) electrons. The Morgan fingerprint density at radius 1 is 1.36 bits per heavy atom. The maximum Gasteiger partial charge on any atom is 1.00 e. The van der Waals surface area contributed by atoms with Crippen molar-refractivity contribution in [1.29, 1.82) is 0 Å². The van der Waals surface area contributed by atoms with Crippen molar-refractivity contribution in [2.45, 2.75) is 12.5 Å². The van der Waals surface area contributed by atoms with Gasteiger partial charge in [0.2, 0.25) is 0 Å². The minimum absolute atomic E-state index is 0. The minimum Gasteiger partial charge on any atom is -0.322 e. The predicted octanol–water partition coefficient (Wildman–Crippen LogP) is -1.61. The first-order valence-electron chi connectivity index (χ1n) is 3.87. The second-order valence-electron chi connectivity index (χ2n) is 2.82. The molecule has 11 heavy (non-hydrogen) atoms. The minimum atomic E-state index is 0. The van der Waals surface area contributed by atoms with Crippen LogP contribution in [-0.4, -0.2) is 24.0 Å². The van der Waals surface area contributed by atoms with Crippen molar-refractivity contribution in [1.82, 2.24) is 4.90 Å². The molecule has 0 fully saturated rings. The van der Waals surface area contributed by atoms with Crippen molar-refractivity contribution in [2.75, 3.05) is 13.1 Å². The molecule has 0 aromatic rings. The first kappa shape index (κ1) is 9.00. The van der Waals surface area contributed by atoms with Gasteiger partial charge in [0.1, 0.15) is 0 Å². The normalized spacial score (nSPS) is 28.5. The van der Waals surface area contributed by atoms with E-state index in [4.69, 9.17) is 0 Å².